The highest BCUT2D eigenvalue weighted by Gasteiger charge is 2.27. The smallest absolute Gasteiger partial charge is 0.405 e. The molecule has 1 rings (SSSR count). The van der Waals surface area contributed by atoms with E-state index < -0.39 is 12.7 Å². The molecular formula is C11H14F3NO. The van der Waals surface area contributed by atoms with Crippen LogP contribution in [-0.4, -0.2) is 19.3 Å². The number of nitrogens with one attached hydrogen (secondary N) is 1. The minimum atomic E-state index is -4.23. The molecule has 0 amide bonds. The minimum absolute atomic E-state index is 0.374. The molecule has 0 saturated carbocycles. The first-order valence-electron chi connectivity index (χ1n) is 4.96. The molecule has 0 radical (unpaired) electrons. The summed E-state index contributed by atoms with van der Waals surface area (Å²) in [5.74, 6) is 0.442. The topological polar surface area (TPSA) is 21.3 Å². The van der Waals surface area contributed by atoms with E-state index in [1.54, 1.807) is 25.1 Å². The minimum Gasteiger partial charge on any atom is -0.492 e. The van der Waals surface area contributed by atoms with Crippen LogP contribution >= 0.6 is 0 Å². The third-order valence-electron chi connectivity index (χ3n) is 1.91. The molecule has 5 heteroatoms. The summed E-state index contributed by atoms with van der Waals surface area (Å²) in [7, 11) is 0. The molecule has 0 aliphatic heterocycles. The number of rotatable bonds is 4. The second kappa shape index (κ2) is 5.09. The highest BCUT2D eigenvalue weighted by Crippen LogP contribution is 2.27. The Hall–Kier alpha value is -1.39. The Morgan fingerprint density at radius 3 is 2.56 bits per heavy atom. The van der Waals surface area contributed by atoms with Gasteiger partial charge in [0.15, 0.2) is 0 Å². The van der Waals surface area contributed by atoms with Crippen molar-refractivity contribution in [2.75, 3.05) is 18.5 Å². The van der Waals surface area contributed by atoms with E-state index in [0.29, 0.717) is 18.0 Å². The Morgan fingerprint density at radius 2 is 2.00 bits per heavy atom. The summed E-state index contributed by atoms with van der Waals surface area (Å²) in [5, 5.41) is 2.33. The maximum absolute atomic E-state index is 12.1. The van der Waals surface area contributed by atoms with E-state index in [1.165, 1.54) is 0 Å². The Labute approximate surface area is 92.4 Å². The van der Waals surface area contributed by atoms with Crippen LogP contribution in [0.2, 0.25) is 0 Å². The summed E-state index contributed by atoms with van der Waals surface area (Å²) >= 11 is 0. The molecule has 90 valence electrons. The van der Waals surface area contributed by atoms with Crippen LogP contribution in [0.3, 0.4) is 0 Å². The zero-order valence-corrected chi connectivity index (χ0v) is 9.19. The lowest BCUT2D eigenvalue weighted by molar-refractivity contribution is -0.115. The van der Waals surface area contributed by atoms with Crippen LogP contribution in [-0.2, 0) is 0 Å². The standard InChI is InChI=1S/C11H14F3NO/c1-3-16-10-5-4-8(2)6-9(10)15-7-11(12,13)14/h4-6,15H,3,7H2,1-2H3. The van der Waals surface area contributed by atoms with Crippen molar-refractivity contribution in [3.8, 4) is 5.75 Å². The maximum atomic E-state index is 12.1. The normalized spacial score (nSPS) is 11.3. The second-order valence-corrected chi connectivity index (χ2v) is 3.40. The Kier molecular flexibility index (Phi) is 4.04. The van der Waals surface area contributed by atoms with Gasteiger partial charge in [-0.05, 0) is 31.5 Å². The Balaban J connectivity index is 2.79. The van der Waals surface area contributed by atoms with E-state index >= 15 is 0 Å². The van der Waals surface area contributed by atoms with Gasteiger partial charge in [0.1, 0.15) is 12.3 Å². The Bertz CT molecular complexity index is 350. The van der Waals surface area contributed by atoms with Gasteiger partial charge in [0, 0.05) is 0 Å². The molecule has 16 heavy (non-hydrogen) atoms. The van der Waals surface area contributed by atoms with Crippen molar-refractivity contribution in [2.45, 2.75) is 20.0 Å². The largest absolute Gasteiger partial charge is 0.492 e. The average Bonchev–Trinajstić information content (AvgIpc) is 2.17. The molecule has 0 heterocycles. The highest BCUT2D eigenvalue weighted by atomic mass is 19.4. The van der Waals surface area contributed by atoms with Gasteiger partial charge in [-0.25, -0.2) is 0 Å². The maximum Gasteiger partial charge on any atom is 0.405 e. The van der Waals surface area contributed by atoms with Crippen molar-refractivity contribution < 1.29 is 17.9 Å². The van der Waals surface area contributed by atoms with Gasteiger partial charge in [-0.1, -0.05) is 6.07 Å². The van der Waals surface area contributed by atoms with Gasteiger partial charge >= 0.3 is 6.18 Å². The van der Waals surface area contributed by atoms with Crippen LogP contribution in [0.25, 0.3) is 0 Å². The number of hydrogen-bond donors (Lipinski definition) is 1. The molecule has 0 fully saturated rings. The lowest BCUT2D eigenvalue weighted by atomic mass is 10.2. The SMILES string of the molecule is CCOc1ccc(C)cc1NCC(F)(F)F. The lowest BCUT2D eigenvalue weighted by Gasteiger charge is -2.14. The van der Waals surface area contributed by atoms with Crippen molar-refractivity contribution in [1.29, 1.82) is 0 Å². The second-order valence-electron chi connectivity index (χ2n) is 3.40. The number of alkyl halides is 3. The predicted molar refractivity (Wildman–Crippen MR) is 56.9 cm³/mol. The van der Waals surface area contributed by atoms with Crippen molar-refractivity contribution in [3.63, 3.8) is 0 Å². The summed E-state index contributed by atoms with van der Waals surface area (Å²) in [5.41, 5.74) is 1.26. The first kappa shape index (κ1) is 12.7. The summed E-state index contributed by atoms with van der Waals surface area (Å²) in [4.78, 5) is 0. The van der Waals surface area contributed by atoms with Gasteiger partial charge in [-0.2, -0.15) is 13.2 Å². The molecule has 1 aromatic rings. The molecule has 0 unspecified atom stereocenters. The fraction of sp³-hybridized carbons (Fsp3) is 0.455. The summed E-state index contributed by atoms with van der Waals surface area (Å²) in [6.07, 6.45) is -4.23. The molecule has 0 atom stereocenters. The number of benzene rings is 1. The molecule has 0 aromatic heterocycles. The summed E-state index contributed by atoms with van der Waals surface area (Å²) < 4.78 is 41.4. The third-order valence-corrected chi connectivity index (χ3v) is 1.91. The van der Waals surface area contributed by atoms with E-state index in [1.807, 2.05) is 6.92 Å². The van der Waals surface area contributed by atoms with Crippen LogP contribution < -0.4 is 10.1 Å². The van der Waals surface area contributed by atoms with Crippen LogP contribution in [0.4, 0.5) is 18.9 Å². The molecule has 0 bridgehead atoms. The summed E-state index contributed by atoms with van der Waals surface area (Å²) in [6.45, 7) is 2.96. The third kappa shape index (κ3) is 4.00. The Morgan fingerprint density at radius 1 is 1.31 bits per heavy atom. The van der Waals surface area contributed by atoms with Crippen LogP contribution in [0.15, 0.2) is 18.2 Å². The first-order chi connectivity index (χ1) is 7.42. The van der Waals surface area contributed by atoms with Gasteiger partial charge in [-0.15, -0.1) is 0 Å². The van der Waals surface area contributed by atoms with Gasteiger partial charge < -0.3 is 10.1 Å². The number of anilines is 1. The monoisotopic (exact) mass is 233 g/mol. The van der Waals surface area contributed by atoms with E-state index in [4.69, 9.17) is 4.74 Å². The van der Waals surface area contributed by atoms with Crippen LogP contribution in [0.1, 0.15) is 12.5 Å². The average molecular weight is 233 g/mol. The van der Waals surface area contributed by atoms with E-state index in [-0.39, 0.29) is 0 Å². The van der Waals surface area contributed by atoms with E-state index in [2.05, 4.69) is 5.32 Å². The predicted octanol–water partition coefficient (Wildman–Crippen LogP) is 3.37. The van der Waals surface area contributed by atoms with Crippen molar-refractivity contribution in [2.24, 2.45) is 0 Å². The number of ether oxygens (including phenoxy) is 1. The molecule has 0 saturated heterocycles. The fourth-order valence-electron chi connectivity index (χ4n) is 1.26. The lowest BCUT2D eigenvalue weighted by Crippen LogP contribution is -2.21. The molecule has 1 N–H and O–H groups in total. The van der Waals surface area contributed by atoms with Crippen LogP contribution in [0, 0.1) is 6.92 Å². The molecule has 2 nitrogen and oxygen atoms in total. The number of halogens is 3. The molecule has 0 spiro atoms. The van der Waals surface area contributed by atoms with Crippen LogP contribution in [0.5, 0.6) is 5.75 Å². The fourth-order valence-corrected chi connectivity index (χ4v) is 1.26. The number of hydrogen-bond acceptors (Lipinski definition) is 2. The summed E-state index contributed by atoms with van der Waals surface area (Å²) in [6, 6.07) is 5.10. The molecule has 1 aromatic carbocycles. The van der Waals surface area contributed by atoms with Gasteiger partial charge in [-0.3, -0.25) is 0 Å². The molecular weight excluding hydrogens is 219 g/mol. The first-order valence-corrected chi connectivity index (χ1v) is 4.96. The van der Waals surface area contributed by atoms with Crippen molar-refractivity contribution >= 4 is 5.69 Å². The van der Waals surface area contributed by atoms with Gasteiger partial charge in [0.05, 0.1) is 12.3 Å². The van der Waals surface area contributed by atoms with E-state index in [0.717, 1.165) is 5.56 Å². The van der Waals surface area contributed by atoms with Gasteiger partial charge in [0.25, 0.3) is 0 Å². The highest BCUT2D eigenvalue weighted by molar-refractivity contribution is 5.58. The van der Waals surface area contributed by atoms with Crippen molar-refractivity contribution in [1.82, 2.24) is 0 Å². The zero-order chi connectivity index (χ0) is 12.2. The van der Waals surface area contributed by atoms with Crippen molar-refractivity contribution in [3.05, 3.63) is 23.8 Å². The van der Waals surface area contributed by atoms with Gasteiger partial charge in [0.2, 0.25) is 0 Å². The quantitative estimate of drug-likeness (QED) is 0.860. The molecule has 0 aliphatic carbocycles. The molecule has 0 aliphatic rings. The number of aryl methyl sites for hydroxylation is 1. The zero-order valence-electron chi connectivity index (χ0n) is 9.19. The van der Waals surface area contributed by atoms with E-state index in [9.17, 15) is 13.2 Å².